The zero-order chi connectivity index (χ0) is 20.9. The Morgan fingerprint density at radius 2 is 1.96 bits per heavy atom. The normalized spacial score (nSPS) is 15.4. The lowest BCUT2D eigenvalue weighted by Gasteiger charge is -2.33. The van der Waals surface area contributed by atoms with Crippen LogP contribution >= 0.6 is 0 Å². The third kappa shape index (κ3) is 6.01. The molecular formula is C21H31N3O4. The molecule has 1 saturated heterocycles. The zero-order valence-electron chi connectivity index (χ0n) is 17.5. The van der Waals surface area contributed by atoms with Crippen molar-refractivity contribution in [1.29, 1.82) is 5.26 Å². The second-order valence-corrected chi connectivity index (χ2v) is 8.63. The second kappa shape index (κ2) is 9.13. The summed E-state index contributed by atoms with van der Waals surface area (Å²) in [4.78, 5) is 26.4. The van der Waals surface area contributed by atoms with Crippen LogP contribution in [0.1, 0.15) is 59.4 Å². The number of aromatic nitrogens is 1. The Kier molecular flexibility index (Phi) is 7.11. The van der Waals surface area contributed by atoms with E-state index in [1.54, 1.807) is 21.7 Å². The molecule has 2 heterocycles. The van der Waals surface area contributed by atoms with Crippen molar-refractivity contribution in [2.45, 2.75) is 72.1 Å². The summed E-state index contributed by atoms with van der Waals surface area (Å²) in [6.45, 7) is 11.3. The molecule has 0 aliphatic carbocycles. The van der Waals surface area contributed by atoms with Crippen LogP contribution < -0.4 is 10.3 Å². The number of ether oxygens (including phenoxy) is 2. The maximum atomic E-state index is 12.5. The minimum Gasteiger partial charge on any atom is -0.489 e. The fourth-order valence-corrected chi connectivity index (χ4v) is 2.99. The summed E-state index contributed by atoms with van der Waals surface area (Å²) in [5, 5.41) is 9.44. The van der Waals surface area contributed by atoms with E-state index < -0.39 is 5.60 Å². The maximum absolute atomic E-state index is 12.5. The molecule has 0 radical (unpaired) electrons. The van der Waals surface area contributed by atoms with Crippen molar-refractivity contribution < 1.29 is 14.3 Å². The van der Waals surface area contributed by atoms with E-state index >= 15 is 0 Å². The Hall–Kier alpha value is -2.49. The summed E-state index contributed by atoms with van der Waals surface area (Å²) >= 11 is 0. The third-order valence-corrected chi connectivity index (χ3v) is 4.57. The Morgan fingerprint density at radius 3 is 2.50 bits per heavy atom. The van der Waals surface area contributed by atoms with E-state index in [9.17, 15) is 14.9 Å². The second-order valence-electron chi connectivity index (χ2n) is 8.63. The Labute approximate surface area is 166 Å². The Balaban J connectivity index is 1.99. The fourth-order valence-electron chi connectivity index (χ4n) is 2.99. The van der Waals surface area contributed by atoms with Gasteiger partial charge in [-0.25, -0.2) is 4.79 Å². The van der Waals surface area contributed by atoms with Gasteiger partial charge in [-0.1, -0.05) is 13.8 Å². The van der Waals surface area contributed by atoms with E-state index in [-0.39, 0.29) is 23.3 Å². The van der Waals surface area contributed by atoms with Gasteiger partial charge in [-0.05, 0) is 39.2 Å². The Morgan fingerprint density at radius 1 is 1.32 bits per heavy atom. The Bertz CT molecular complexity index is 778. The van der Waals surface area contributed by atoms with Gasteiger partial charge in [0.25, 0.3) is 5.56 Å². The smallest absolute Gasteiger partial charge is 0.410 e. The van der Waals surface area contributed by atoms with Crippen LogP contribution in [0.25, 0.3) is 0 Å². The highest BCUT2D eigenvalue weighted by Crippen LogP contribution is 2.22. The number of aryl methyl sites for hydroxylation is 1. The monoisotopic (exact) mass is 389 g/mol. The third-order valence-electron chi connectivity index (χ3n) is 4.57. The lowest BCUT2D eigenvalue weighted by Crippen LogP contribution is -2.44. The number of carbonyl (C=O) groups excluding carboxylic acids is 1. The molecule has 1 aromatic heterocycles. The van der Waals surface area contributed by atoms with Crippen LogP contribution in [0.2, 0.25) is 0 Å². The van der Waals surface area contributed by atoms with Crippen LogP contribution in [0, 0.1) is 17.2 Å². The summed E-state index contributed by atoms with van der Waals surface area (Å²) in [6.07, 6.45) is 3.35. The van der Waals surface area contributed by atoms with Crippen molar-refractivity contribution in [3.8, 4) is 11.8 Å². The molecule has 2 rings (SSSR count). The molecule has 0 saturated carbocycles. The number of likely N-dealkylation sites (tertiary alicyclic amines) is 1. The van der Waals surface area contributed by atoms with E-state index in [1.807, 2.05) is 26.8 Å². The summed E-state index contributed by atoms with van der Waals surface area (Å²) in [6, 6.07) is 3.69. The molecule has 1 aromatic rings. The van der Waals surface area contributed by atoms with Crippen molar-refractivity contribution in [2.75, 3.05) is 13.1 Å². The number of piperidine rings is 1. The molecule has 0 bridgehead atoms. The molecule has 1 aliphatic rings. The number of nitriles is 1. The van der Waals surface area contributed by atoms with Gasteiger partial charge < -0.3 is 18.9 Å². The van der Waals surface area contributed by atoms with Crippen LogP contribution in [0.4, 0.5) is 4.79 Å². The van der Waals surface area contributed by atoms with Gasteiger partial charge in [0, 0.05) is 38.7 Å². The minimum absolute atomic E-state index is 0.0424. The van der Waals surface area contributed by atoms with E-state index in [4.69, 9.17) is 9.47 Å². The average molecular weight is 389 g/mol. The number of hydrogen-bond acceptors (Lipinski definition) is 5. The van der Waals surface area contributed by atoms with Gasteiger partial charge in [0.1, 0.15) is 23.5 Å². The molecule has 0 atom stereocenters. The van der Waals surface area contributed by atoms with Crippen molar-refractivity contribution in [2.24, 2.45) is 5.92 Å². The lowest BCUT2D eigenvalue weighted by atomic mass is 10.1. The number of hydrogen-bond donors (Lipinski definition) is 0. The number of carbonyl (C=O) groups is 1. The largest absolute Gasteiger partial charge is 0.489 e. The van der Waals surface area contributed by atoms with E-state index in [2.05, 4.69) is 13.8 Å². The first-order valence-corrected chi connectivity index (χ1v) is 9.89. The minimum atomic E-state index is -0.522. The van der Waals surface area contributed by atoms with E-state index in [0.29, 0.717) is 44.1 Å². The summed E-state index contributed by atoms with van der Waals surface area (Å²) < 4.78 is 12.9. The van der Waals surface area contributed by atoms with Crippen molar-refractivity contribution in [3.05, 3.63) is 28.2 Å². The van der Waals surface area contributed by atoms with Gasteiger partial charge in [-0.2, -0.15) is 5.26 Å². The van der Waals surface area contributed by atoms with Crippen molar-refractivity contribution in [1.82, 2.24) is 9.47 Å². The highest BCUT2D eigenvalue weighted by Gasteiger charge is 2.28. The maximum Gasteiger partial charge on any atom is 0.410 e. The molecule has 0 N–H and O–H groups in total. The SMILES string of the molecule is CC(C)CCn1ccc(OC2CCN(C(=O)OC(C)(C)C)CC2)c(C#N)c1=O. The zero-order valence-corrected chi connectivity index (χ0v) is 17.5. The van der Waals surface area contributed by atoms with Crippen molar-refractivity contribution >= 4 is 6.09 Å². The fraction of sp³-hybridized carbons (Fsp3) is 0.667. The molecule has 1 fully saturated rings. The first kappa shape index (κ1) is 21.8. The topological polar surface area (TPSA) is 84.6 Å². The van der Waals surface area contributed by atoms with Crippen LogP contribution in [-0.4, -0.2) is 40.4 Å². The molecule has 7 nitrogen and oxygen atoms in total. The number of nitrogens with zero attached hydrogens (tertiary/aromatic N) is 3. The number of amides is 1. The molecular weight excluding hydrogens is 358 g/mol. The molecule has 28 heavy (non-hydrogen) atoms. The van der Waals surface area contributed by atoms with Crippen LogP contribution in [0.5, 0.6) is 5.75 Å². The highest BCUT2D eigenvalue weighted by atomic mass is 16.6. The molecule has 7 heteroatoms. The van der Waals surface area contributed by atoms with E-state index in [1.165, 1.54) is 0 Å². The predicted molar refractivity (Wildman–Crippen MR) is 106 cm³/mol. The van der Waals surface area contributed by atoms with E-state index in [0.717, 1.165) is 6.42 Å². The molecule has 1 aliphatic heterocycles. The molecule has 1 amide bonds. The first-order valence-electron chi connectivity index (χ1n) is 9.89. The van der Waals surface area contributed by atoms with Gasteiger partial charge in [0.05, 0.1) is 0 Å². The number of rotatable bonds is 5. The standard InChI is InChI=1S/C21H31N3O4/c1-15(2)6-10-23-13-9-18(17(14-22)19(23)25)27-16-7-11-24(12-8-16)20(26)28-21(3,4)5/h9,13,15-16H,6-8,10-12H2,1-5H3. The molecule has 0 aromatic carbocycles. The van der Waals surface area contributed by atoms with Crippen LogP contribution in [0.3, 0.4) is 0 Å². The van der Waals surface area contributed by atoms with Gasteiger partial charge in [-0.3, -0.25) is 4.79 Å². The number of pyridine rings is 1. The van der Waals surface area contributed by atoms with Crippen molar-refractivity contribution in [3.63, 3.8) is 0 Å². The molecule has 0 spiro atoms. The quantitative estimate of drug-likeness (QED) is 0.769. The average Bonchev–Trinajstić information content (AvgIpc) is 2.60. The summed E-state index contributed by atoms with van der Waals surface area (Å²) in [5.41, 5.74) is -0.793. The van der Waals surface area contributed by atoms with Gasteiger partial charge in [-0.15, -0.1) is 0 Å². The summed E-state index contributed by atoms with van der Waals surface area (Å²) in [7, 11) is 0. The van der Waals surface area contributed by atoms with Gasteiger partial charge in [0.2, 0.25) is 0 Å². The van der Waals surface area contributed by atoms with Gasteiger partial charge >= 0.3 is 6.09 Å². The van der Waals surface area contributed by atoms with Gasteiger partial charge in [0.15, 0.2) is 5.56 Å². The van der Waals surface area contributed by atoms with Crippen LogP contribution in [-0.2, 0) is 11.3 Å². The highest BCUT2D eigenvalue weighted by molar-refractivity contribution is 5.68. The van der Waals surface area contributed by atoms with Crippen LogP contribution in [0.15, 0.2) is 17.1 Å². The first-order chi connectivity index (χ1) is 13.1. The molecule has 154 valence electrons. The lowest BCUT2D eigenvalue weighted by molar-refractivity contribution is 0.0126. The predicted octanol–water partition coefficient (Wildman–Crippen LogP) is 3.54. The summed E-state index contributed by atoms with van der Waals surface area (Å²) in [5.74, 6) is 0.799. The molecule has 0 unspecified atom stereocenters.